The van der Waals surface area contributed by atoms with Crippen LogP contribution in [-0.2, 0) is 0 Å². The fourth-order valence-electron chi connectivity index (χ4n) is 1.35. The molecule has 3 N–H and O–H groups in total. The van der Waals surface area contributed by atoms with Crippen molar-refractivity contribution in [3.05, 3.63) is 40.7 Å². The smallest absolute Gasteiger partial charge is 0.275 e. The van der Waals surface area contributed by atoms with Crippen molar-refractivity contribution in [3.8, 4) is 0 Å². The molecule has 0 fully saturated rings. The third kappa shape index (κ3) is 2.59. The second kappa shape index (κ2) is 4.50. The average molecular weight is 251 g/mol. The van der Waals surface area contributed by atoms with Crippen molar-refractivity contribution < 1.29 is 9.18 Å². The molecule has 0 saturated heterocycles. The minimum Gasteiger partial charge on any atom is -0.375 e. The van der Waals surface area contributed by atoms with Crippen LogP contribution in [0.5, 0.6) is 0 Å². The molecule has 0 aliphatic carbocycles. The number of halogens is 1. The summed E-state index contributed by atoms with van der Waals surface area (Å²) in [5.74, 6) is -0.689. The third-order valence-electron chi connectivity index (χ3n) is 2.19. The highest BCUT2D eigenvalue weighted by molar-refractivity contribution is 7.13. The maximum absolute atomic E-state index is 12.9. The second-order valence-corrected chi connectivity index (χ2v) is 4.37. The van der Waals surface area contributed by atoms with Crippen LogP contribution in [-0.4, -0.2) is 10.9 Å². The number of thiazole rings is 1. The van der Waals surface area contributed by atoms with Crippen molar-refractivity contribution in [2.45, 2.75) is 6.92 Å². The molecule has 1 aromatic heterocycles. The number of rotatable bonds is 2. The Labute approximate surface area is 101 Å². The fraction of sp³-hybridized carbons (Fsp3) is 0.0909. The Morgan fingerprint density at radius 1 is 1.53 bits per heavy atom. The number of benzene rings is 1. The summed E-state index contributed by atoms with van der Waals surface area (Å²) in [6.45, 7) is 1.72. The Balaban J connectivity index is 2.18. The maximum Gasteiger partial charge on any atom is 0.275 e. The number of hydrogen-bond acceptors (Lipinski definition) is 4. The monoisotopic (exact) mass is 251 g/mol. The van der Waals surface area contributed by atoms with Gasteiger partial charge in [-0.3, -0.25) is 4.79 Å². The minimum absolute atomic E-state index is 0.260. The van der Waals surface area contributed by atoms with E-state index in [0.29, 0.717) is 16.4 Å². The molecule has 6 heteroatoms. The summed E-state index contributed by atoms with van der Waals surface area (Å²) >= 11 is 1.20. The number of amides is 1. The summed E-state index contributed by atoms with van der Waals surface area (Å²) in [7, 11) is 0. The SMILES string of the molecule is Cc1cc(F)ccc1NC(=O)c1csc(N)n1. The van der Waals surface area contributed by atoms with Gasteiger partial charge >= 0.3 is 0 Å². The highest BCUT2D eigenvalue weighted by Crippen LogP contribution is 2.18. The van der Waals surface area contributed by atoms with Crippen molar-refractivity contribution in [3.63, 3.8) is 0 Å². The van der Waals surface area contributed by atoms with E-state index >= 15 is 0 Å². The van der Waals surface area contributed by atoms with Gasteiger partial charge in [0.05, 0.1) is 0 Å². The lowest BCUT2D eigenvalue weighted by molar-refractivity contribution is 0.102. The van der Waals surface area contributed by atoms with Gasteiger partial charge in [0.25, 0.3) is 5.91 Å². The average Bonchev–Trinajstić information content (AvgIpc) is 2.69. The molecular formula is C11H10FN3OS. The topological polar surface area (TPSA) is 68.0 Å². The maximum atomic E-state index is 12.9. The number of nitrogens with zero attached hydrogens (tertiary/aromatic N) is 1. The molecule has 0 aliphatic heterocycles. The van der Waals surface area contributed by atoms with Crippen LogP contribution in [0.25, 0.3) is 0 Å². The Bertz CT molecular complexity index is 568. The molecular weight excluding hydrogens is 241 g/mol. The molecule has 4 nitrogen and oxygen atoms in total. The molecule has 1 amide bonds. The van der Waals surface area contributed by atoms with Gasteiger partial charge in [0, 0.05) is 11.1 Å². The zero-order valence-corrected chi connectivity index (χ0v) is 9.84. The van der Waals surface area contributed by atoms with Crippen LogP contribution in [0.15, 0.2) is 23.6 Å². The quantitative estimate of drug-likeness (QED) is 0.861. The fourth-order valence-corrected chi connectivity index (χ4v) is 1.89. The van der Waals surface area contributed by atoms with E-state index in [1.165, 1.54) is 29.5 Å². The summed E-state index contributed by atoms with van der Waals surface area (Å²) in [5.41, 5.74) is 6.91. The van der Waals surface area contributed by atoms with Crippen molar-refractivity contribution >= 4 is 28.1 Å². The van der Waals surface area contributed by atoms with E-state index < -0.39 is 0 Å². The van der Waals surface area contributed by atoms with E-state index in [2.05, 4.69) is 10.3 Å². The number of nitrogen functional groups attached to an aromatic ring is 1. The number of carbonyl (C=O) groups excluding carboxylic acids is 1. The molecule has 1 aromatic carbocycles. The van der Waals surface area contributed by atoms with Gasteiger partial charge in [-0.2, -0.15) is 0 Å². The number of hydrogen-bond donors (Lipinski definition) is 2. The van der Waals surface area contributed by atoms with Gasteiger partial charge in [-0.1, -0.05) is 0 Å². The van der Waals surface area contributed by atoms with Crippen molar-refractivity contribution in [2.75, 3.05) is 11.1 Å². The number of aryl methyl sites for hydroxylation is 1. The zero-order chi connectivity index (χ0) is 12.4. The third-order valence-corrected chi connectivity index (χ3v) is 2.87. The minimum atomic E-state index is -0.354. The standard InChI is InChI=1S/C11H10FN3OS/c1-6-4-7(12)2-3-8(6)14-10(16)9-5-17-11(13)15-9/h2-5H,1H3,(H2,13,15)(H,14,16). The molecule has 0 bridgehead atoms. The second-order valence-electron chi connectivity index (χ2n) is 3.48. The van der Waals surface area contributed by atoms with Crippen LogP contribution in [0.1, 0.15) is 16.1 Å². The van der Waals surface area contributed by atoms with Crippen molar-refractivity contribution in [1.82, 2.24) is 4.98 Å². The van der Waals surface area contributed by atoms with Crippen LogP contribution in [0.2, 0.25) is 0 Å². The van der Waals surface area contributed by atoms with Gasteiger partial charge in [-0.05, 0) is 30.7 Å². The van der Waals surface area contributed by atoms with Crippen LogP contribution >= 0.6 is 11.3 Å². The molecule has 88 valence electrons. The molecule has 0 aliphatic rings. The van der Waals surface area contributed by atoms with E-state index in [-0.39, 0.29) is 17.4 Å². The molecule has 2 aromatic rings. The first-order chi connectivity index (χ1) is 8.06. The lowest BCUT2D eigenvalue weighted by Crippen LogP contribution is -2.13. The Hall–Kier alpha value is -1.95. The predicted molar refractivity (Wildman–Crippen MR) is 65.6 cm³/mol. The summed E-state index contributed by atoms with van der Waals surface area (Å²) < 4.78 is 12.9. The van der Waals surface area contributed by atoms with Crippen LogP contribution in [0.4, 0.5) is 15.2 Å². The lowest BCUT2D eigenvalue weighted by Gasteiger charge is -2.06. The van der Waals surface area contributed by atoms with Crippen LogP contribution < -0.4 is 11.1 Å². The Morgan fingerprint density at radius 3 is 2.88 bits per heavy atom. The Kier molecular flexibility index (Phi) is 3.06. The molecule has 0 saturated carbocycles. The van der Waals surface area contributed by atoms with Gasteiger partial charge in [0.15, 0.2) is 5.13 Å². The molecule has 0 spiro atoms. The first-order valence-electron chi connectivity index (χ1n) is 4.85. The van der Waals surface area contributed by atoms with E-state index in [9.17, 15) is 9.18 Å². The highest BCUT2D eigenvalue weighted by atomic mass is 32.1. The van der Waals surface area contributed by atoms with Crippen LogP contribution in [0, 0.1) is 12.7 Å². The van der Waals surface area contributed by atoms with E-state index in [1.54, 1.807) is 12.3 Å². The van der Waals surface area contributed by atoms with Crippen molar-refractivity contribution in [1.29, 1.82) is 0 Å². The first kappa shape index (κ1) is 11.5. The number of anilines is 2. The summed E-state index contributed by atoms with van der Waals surface area (Å²) in [6, 6.07) is 4.15. The number of nitrogens with two attached hydrogens (primary N) is 1. The summed E-state index contributed by atoms with van der Waals surface area (Å²) in [4.78, 5) is 15.6. The normalized spacial score (nSPS) is 10.2. The van der Waals surface area contributed by atoms with Gasteiger partial charge in [-0.25, -0.2) is 9.37 Å². The molecule has 0 unspecified atom stereocenters. The van der Waals surface area contributed by atoms with E-state index in [4.69, 9.17) is 5.73 Å². The first-order valence-corrected chi connectivity index (χ1v) is 5.73. The van der Waals surface area contributed by atoms with Crippen LogP contribution in [0.3, 0.4) is 0 Å². The molecule has 0 atom stereocenters. The van der Waals surface area contributed by atoms with Crippen molar-refractivity contribution in [2.24, 2.45) is 0 Å². The van der Waals surface area contributed by atoms with E-state index in [0.717, 1.165) is 0 Å². The summed E-state index contributed by atoms with van der Waals surface area (Å²) in [5, 5.41) is 4.56. The lowest BCUT2D eigenvalue weighted by atomic mass is 10.2. The van der Waals surface area contributed by atoms with Gasteiger partial charge in [-0.15, -0.1) is 11.3 Å². The van der Waals surface area contributed by atoms with Gasteiger partial charge in [0.1, 0.15) is 11.5 Å². The summed E-state index contributed by atoms with van der Waals surface area (Å²) in [6.07, 6.45) is 0. The molecule has 0 radical (unpaired) electrons. The number of nitrogens with one attached hydrogen (secondary N) is 1. The van der Waals surface area contributed by atoms with E-state index in [1.807, 2.05) is 0 Å². The molecule has 2 rings (SSSR count). The number of aromatic nitrogens is 1. The molecule has 1 heterocycles. The van der Waals surface area contributed by atoms with Gasteiger partial charge < -0.3 is 11.1 Å². The number of carbonyl (C=O) groups is 1. The molecule has 17 heavy (non-hydrogen) atoms. The largest absolute Gasteiger partial charge is 0.375 e. The Morgan fingerprint density at radius 2 is 2.29 bits per heavy atom. The van der Waals surface area contributed by atoms with Gasteiger partial charge in [0.2, 0.25) is 0 Å². The highest BCUT2D eigenvalue weighted by Gasteiger charge is 2.11. The zero-order valence-electron chi connectivity index (χ0n) is 9.03. The predicted octanol–water partition coefficient (Wildman–Crippen LogP) is 2.43.